The van der Waals surface area contributed by atoms with E-state index in [4.69, 9.17) is 13.7 Å². The Hall–Kier alpha value is -2.21. The molecule has 0 N–H and O–H groups in total. The van der Waals surface area contributed by atoms with Gasteiger partial charge >= 0.3 is 10.1 Å². The van der Waals surface area contributed by atoms with Crippen molar-refractivity contribution in [2.75, 3.05) is 19.0 Å². The molecule has 0 spiro atoms. The summed E-state index contributed by atoms with van der Waals surface area (Å²) in [5.74, 6) is 1.88. The van der Waals surface area contributed by atoms with Gasteiger partial charge in [-0.05, 0) is 42.7 Å². The summed E-state index contributed by atoms with van der Waals surface area (Å²) >= 11 is 0. The molecule has 6 heteroatoms. The largest absolute Gasteiger partial charge is 0.490 e. The van der Waals surface area contributed by atoms with Crippen LogP contribution in [0.5, 0.6) is 17.2 Å². The highest BCUT2D eigenvalue weighted by atomic mass is 32.2. The molecule has 0 unspecified atom stereocenters. The number of hydrogen-bond acceptors (Lipinski definition) is 5. The van der Waals surface area contributed by atoms with Gasteiger partial charge in [0.15, 0.2) is 11.5 Å². The minimum atomic E-state index is -3.52. The summed E-state index contributed by atoms with van der Waals surface area (Å²) in [6.07, 6.45) is 4.21. The SMILES string of the molecule is CCCCOc1ccccc1OCCc1ccc(OS(=O)(=O)CCCC)cc1. The van der Waals surface area contributed by atoms with Crippen molar-refractivity contribution in [1.29, 1.82) is 0 Å². The van der Waals surface area contributed by atoms with E-state index in [9.17, 15) is 8.42 Å². The highest BCUT2D eigenvalue weighted by Crippen LogP contribution is 2.27. The fourth-order valence-electron chi connectivity index (χ4n) is 2.52. The summed E-state index contributed by atoms with van der Waals surface area (Å²) < 4.78 is 40.5. The third kappa shape index (κ3) is 7.80. The third-order valence-electron chi connectivity index (χ3n) is 4.15. The second kappa shape index (κ2) is 11.6. The molecule has 154 valence electrons. The van der Waals surface area contributed by atoms with E-state index in [1.54, 1.807) is 12.1 Å². The van der Waals surface area contributed by atoms with Crippen LogP contribution in [0.3, 0.4) is 0 Å². The minimum Gasteiger partial charge on any atom is -0.490 e. The minimum absolute atomic E-state index is 0.0405. The van der Waals surface area contributed by atoms with Crippen LogP contribution in [-0.2, 0) is 16.5 Å². The maximum absolute atomic E-state index is 11.8. The number of hydrogen-bond donors (Lipinski definition) is 0. The van der Waals surface area contributed by atoms with Crippen LogP contribution >= 0.6 is 0 Å². The molecule has 0 heterocycles. The van der Waals surface area contributed by atoms with Crippen molar-refractivity contribution in [2.45, 2.75) is 46.0 Å². The third-order valence-corrected chi connectivity index (χ3v) is 5.38. The van der Waals surface area contributed by atoms with Gasteiger partial charge in [-0.25, -0.2) is 0 Å². The van der Waals surface area contributed by atoms with Crippen LogP contribution in [-0.4, -0.2) is 27.4 Å². The smallest absolute Gasteiger partial charge is 0.309 e. The Labute approximate surface area is 168 Å². The van der Waals surface area contributed by atoms with Crippen LogP contribution in [0.15, 0.2) is 48.5 Å². The lowest BCUT2D eigenvalue weighted by atomic mass is 10.1. The molecule has 0 saturated carbocycles. The van der Waals surface area contributed by atoms with Crippen LogP contribution < -0.4 is 13.7 Å². The monoisotopic (exact) mass is 406 g/mol. The first-order valence-electron chi connectivity index (χ1n) is 9.89. The second-order valence-electron chi connectivity index (χ2n) is 6.59. The van der Waals surface area contributed by atoms with Crippen molar-refractivity contribution in [2.24, 2.45) is 0 Å². The molecular weight excluding hydrogens is 376 g/mol. The molecule has 0 bridgehead atoms. The molecule has 0 aliphatic heterocycles. The van der Waals surface area contributed by atoms with Crippen molar-refractivity contribution in [3.8, 4) is 17.2 Å². The highest BCUT2D eigenvalue weighted by Gasteiger charge is 2.12. The fraction of sp³-hybridized carbons (Fsp3) is 0.455. The van der Waals surface area contributed by atoms with Gasteiger partial charge in [-0.15, -0.1) is 0 Å². The molecule has 5 nitrogen and oxygen atoms in total. The second-order valence-corrected chi connectivity index (χ2v) is 8.28. The van der Waals surface area contributed by atoms with Crippen molar-refractivity contribution in [3.05, 3.63) is 54.1 Å². The molecule has 2 rings (SSSR count). The van der Waals surface area contributed by atoms with Gasteiger partial charge in [0.1, 0.15) is 5.75 Å². The molecule has 0 aliphatic rings. The molecule has 2 aromatic rings. The molecule has 0 amide bonds. The summed E-state index contributed by atoms with van der Waals surface area (Å²) in [7, 11) is -3.52. The quantitative estimate of drug-likeness (QED) is 0.346. The molecule has 0 atom stereocenters. The standard InChI is InChI=1S/C22H30O5S/c1-3-5-16-25-21-9-7-8-10-22(21)26-17-15-19-11-13-20(14-12-19)27-28(23,24)18-6-4-2/h7-14H,3-6,15-18H2,1-2H3. The number of ether oxygens (including phenoxy) is 2. The van der Waals surface area contributed by atoms with E-state index < -0.39 is 10.1 Å². The summed E-state index contributed by atoms with van der Waals surface area (Å²) in [6, 6.07) is 14.8. The van der Waals surface area contributed by atoms with Gasteiger partial charge in [-0.2, -0.15) is 8.42 Å². The fourth-order valence-corrected chi connectivity index (χ4v) is 3.64. The summed E-state index contributed by atoms with van der Waals surface area (Å²) in [4.78, 5) is 0. The summed E-state index contributed by atoms with van der Waals surface area (Å²) in [5.41, 5.74) is 1.04. The van der Waals surface area contributed by atoms with Gasteiger partial charge in [0.05, 0.1) is 19.0 Å². The molecule has 0 aliphatic carbocycles. The lowest BCUT2D eigenvalue weighted by molar-refractivity contribution is 0.266. The maximum atomic E-state index is 11.8. The predicted molar refractivity (Wildman–Crippen MR) is 112 cm³/mol. The van der Waals surface area contributed by atoms with Crippen LogP contribution in [0.25, 0.3) is 0 Å². The molecular formula is C22H30O5S. The number of para-hydroxylation sites is 2. The average Bonchev–Trinajstić information content (AvgIpc) is 2.69. The molecule has 0 radical (unpaired) electrons. The van der Waals surface area contributed by atoms with E-state index >= 15 is 0 Å². The highest BCUT2D eigenvalue weighted by molar-refractivity contribution is 7.87. The van der Waals surface area contributed by atoms with E-state index in [2.05, 4.69) is 6.92 Å². The van der Waals surface area contributed by atoms with Crippen molar-refractivity contribution >= 4 is 10.1 Å². The maximum Gasteiger partial charge on any atom is 0.309 e. The van der Waals surface area contributed by atoms with Crippen LogP contribution in [0.4, 0.5) is 0 Å². The van der Waals surface area contributed by atoms with Crippen molar-refractivity contribution in [1.82, 2.24) is 0 Å². The van der Waals surface area contributed by atoms with E-state index in [0.717, 1.165) is 36.3 Å². The summed E-state index contributed by atoms with van der Waals surface area (Å²) in [6.45, 7) is 5.26. The zero-order chi connectivity index (χ0) is 20.2. The van der Waals surface area contributed by atoms with E-state index in [-0.39, 0.29) is 5.75 Å². The first-order chi connectivity index (χ1) is 13.5. The van der Waals surface area contributed by atoms with Gasteiger partial charge in [0, 0.05) is 6.42 Å². The zero-order valence-corrected chi connectivity index (χ0v) is 17.5. The Morgan fingerprint density at radius 3 is 2.00 bits per heavy atom. The van der Waals surface area contributed by atoms with Crippen LogP contribution in [0, 0.1) is 0 Å². The molecule has 0 aromatic heterocycles. The Balaban J connectivity index is 1.84. The Morgan fingerprint density at radius 2 is 1.39 bits per heavy atom. The molecule has 28 heavy (non-hydrogen) atoms. The van der Waals surface area contributed by atoms with E-state index in [1.165, 1.54) is 0 Å². The Kier molecular flexibility index (Phi) is 9.14. The van der Waals surface area contributed by atoms with E-state index in [1.807, 2.05) is 43.3 Å². The van der Waals surface area contributed by atoms with Gasteiger partial charge in [0.25, 0.3) is 0 Å². The van der Waals surface area contributed by atoms with Gasteiger partial charge in [0.2, 0.25) is 0 Å². The van der Waals surface area contributed by atoms with E-state index in [0.29, 0.717) is 31.8 Å². The van der Waals surface area contributed by atoms with Crippen LogP contribution in [0.1, 0.15) is 45.1 Å². The first kappa shape index (κ1) is 22.1. The lowest BCUT2D eigenvalue weighted by Crippen LogP contribution is -2.13. The first-order valence-corrected chi connectivity index (χ1v) is 11.5. The lowest BCUT2D eigenvalue weighted by Gasteiger charge is -2.12. The van der Waals surface area contributed by atoms with Gasteiger partial charge in [-0.1, -0.05) is 51.0 Å². The normalized spacial score (nSPS) is 11.2. The Morgan fingerprint density at radius 1 is 0.786 bits per heavy atom. The average molecular weight is 407 g/mol. The molecule has 0 saturated heterocycles. The van der Waals surface area contributed by atoms with Crippen molar-refractivity contribution in [3.63, 3.8) is 0 Å². The number of unbranched alkanes of at least 4 members (excludes halogenated alkanes) is 2. The van der Waals surface area contributed by atoms with Gasteiger partial charge in [-0.3, -0.25) is 0 Å². The number of benzene rings is 2. The molecule has 0 fully saturated rings. The van der Waals surface area contributed by atoms with Gasteiger partial charge < -0.3 is 13.7 Å². The molecule has 2 aromatic carbocycles. The predicted octanol–water partition coefficient (Wildman–Crippen LogP) is 5.00. The topological polar surface area (TPSA) is 61.8 Å². The zero-order valence-electron chi connectivity index (χ0n) is 16.7. The van der Waals surface area contributed by atoms with Crippen molar-refractivity contribution < 1.29 is 22.1 Å². The Bertz CT molecular complexity index is 800. The summed E-state index contributed by atoms with van der Waals surface area (Å²) in [5, 5.41) is 0. The number of rotatable bonds is 13. The van der Waals surface area contributed by atoms with Crippen LogP contribution in [0.2, 0.25) is 0 Å².